The first-order valence-corrected chi connectivity index (χ1v) is 8.44. The molecule has 5 heteroatoms. The summed E-state index contributed by atoms with van der Waals surface area (Å²) in [5, 5.41) is 10.6. The number of fused-ring (bicyclic) bond motifs is 1. The molecule has 0 saturated heterocycles. The first kappa shape index (κ1) is 16.1. The molecule has 0 N–H and O–H groups in total. The molecule has 0 aliphatic carbocycles. The van der Waals surface area contributed by atoms with Gasteiger partial charge in [0.05, 0.1) is 25.5 Å². The van der Waals surface area contributed by atoms with Gasteiger partial charge in [-0.15, -0.1) is 5.10 Å². The molecule has 3 aromatic carbocycles. The molecule has 0 radical (unpaired) electrons. The first-order valence-electron chi connectivity index (χ1n) is 8.44. The Morgan fingerprint density at radius 2 is 1.77 bits per heavy atom. The Morgan fingerprint density at radius 1 is 0.885 bits per heavy atom. The highest BCUT2D eigenvalue weighted by molar-refractivity contribution is 5.83. The Hall–Kier alpha value is -3.34. The molecule has 4 rings (SSSR count). The molecule has 26 heavy (non-hydrogen) atoms. The number of benzene rings is 3. The number of hydrogen-bond donors (Lipinski definition) is 0. The van der Waals surface area contributed by atoms with E-state index in [1.165, 1.54) is 5.39 Å². The van der Waals surface area contributed by atoms with Gasteiger partial charge in [0.1, 0.15) is 18.1 Å². The van der Waals surface area contributed by atoms with Crippen molar-refractivity contribution in [1.82, 2.24) is 15.0 Å². The van der Waals surface area contributed by atoms with Gasteiger partial charge in [-0.05, 0) is 40.6 Å². The van der Waals surface area contributed by atoms with Crippen molar-refractivity contribution in [3.8, 4) is 11.5 Å². The predicted octanol–water partition coefficient (Wildman–Crippen LogP) is 4.07. The van der Waals surface area contributed by atoms with Crippen LogP contribution in [-0.2, 0) is 13.2 Å². The van der Waals surface area contributed by atoms with E-state index < -0.39 is 0 Å². The molecule has 0 saturated carbocycles. The zero-order valence-corrected chi connectivity index (χ0v) is 14.5. The third-order valence-electron chi connectivity index (χ3n) is 4.27. The molecular weight excluding hydrogens is 326 g/mol. The maximum Gasteiger partial charge on any atom is 0.132 e. The van der Waals surface area contributed by atoms with E-state index >= 15 is 0 Å². The number of hydrogen-bond acceptors (Lipinski definition) is 4. The minimum Gasteiger partial charge on any atom is -0.497 e. The van der Waals surface area contributed by atoms with Crippen molar-refractivity contribution in [2.24, 2.45) is 0 Å². The Morgan fingerprint density at radius 3 is 2.65 bits per heavy atom. The van der Waals surface area contributed by atoms with E-state index in [4.69, 9.17) is 9.47 Å². The van der Waals surface area contributed by atoms with Gasteiger partial charge < -0.3 is 9.47 Å². The summed E-state index contributed by atoms with van der Waals surface area (Å²) in [6.45, 7) is 1.03. The van der Waals surface area contributed by atoms with Crippen LogP contribution >= 0.6 is 0 Å². The second-order valence-electron chi connectivity index (χ2n) is 6.03. The van der Waals surface area contributed by atoms with Crippen LogP contribution in [0.25, 0.3) is 10.8 Å². The van der Waals surface area contributed by atoms with Crippen LogP contribution in [0.5, 0.6) is 11.5 Å². The van der Waals surface area contributed by atoms with E-state index in [0.717, 1.165) is 28.1 Å². The Balaban J connectivity index is 1.47. The van der Waals surface area contributed by atoms with E-state index in [1.807, 2.05) is 53.2 Å². The van der Waals surface area contributed by atoms with Gasteiger partial charge in [-0.25, -0.2) is 4.68 Å². The van der Waals surface area contributed by atoms with Gasteiger partial charge in [0, 0.05) is 0 Å². The second-order valence-corrected chi connectivity index (χ2v) is 6.03. The van der Waals surface area contributed by atoms with Crippen LogP contribution in [0.1, 0.15) is 11.3 Å². The second kappa shape index (κ2) is 7.27. The lowest BCUT2D eigenvalue weighted by atomic mass is 10.1. The average Bonchev–Trinajstić information content (AvgIpc) is 3.13. The van der Waals surface area contributed by atoms with Gasteiger partial charge in [-0.3, -0.25) is 0 Å². The maximum atomic E-state index is 5.96. The fourth-order valence-corrected chi connectivity index (χ4v) is 2.88. The summed E-state index contributed by atoms with van der Waals surface area (Å²) in [6.07, 6.45) is 1.74. The van der Waals surface area contributed by atoms with Gasteiger partial charge in [0.2, 0.25) is 0 Å². The first-order chi connectivity index (χ1) is 12.8. The molecule has 1 aromatic heterocycles. The van der Waals surface area contributed by atoms with Crippen molar-refractivity contribution in [2.75, 3.05) is 7.11 Å². The molecule has 0 amide bonds. The Kier molecular flexibility index (Phi) is 4.51. The van der Waals surface area contributed by atoms with Crippen molar-refractivity contribution < 1.29 is 9.47 Å². The normalized spacial score (nSPS) is 10.8. The van der Waals surface area contributed by atoms with Crippen LogP contribution in [0, 0.1) is 0 Å². The highest BCUT2D eigenvalue weighted by Crippen LogP contribution is 2.21. The van der Waals surface area contributed by atoms with E-state index in [2.05, 4.69) is 28.5 Å². The fraction of sp³-hybridized carbons (Fsp3) is 0.143. The molecule has 130 valence electrons. The summed E-state index contributed by atoms with van der Waals surface area (Å²) in [5.41, 5.74) is 2.02. The maximum absolute atomic E-state index is 5.96. The summed E-state index contributed by atoms with van der Waals surface area (Å²) < 4.78 is 13.1. The van der Waals surface area contributed by atoms with Crippen molar-refractivity contribution >= 4 is 10.8 Å². The molecular formula is C21H19N3O2. The van der Waals surface area contributed by atoms with Crippen LogP contribution in [0.15, 0.2) is 72.9 Å². The van der Waals surface area contributed by atoms with Gasteiger partial charge in [0.25, 0.3) is 0 Å². The lowest BCUT2D eigenvalue weighted by Crippen LogP contribution is -2.09. The minimum absolute atomic E-state index is 0.412. The zero-order chi connectivity index (χ0) is 17.8. The van der Waals surface area contributed by atoms with E-state index in [0.29, 0.717) is 13.2 Å². The molecule has 0 unspecified atom stereocenters. The smallest absolute Gasteiger partial charge is 0.132 e. The van der Waals surface area contributed by atoms with E-state index in [9.17, 15) is 0 Å². The van der Waals surface area contributed by atoms with Crippen LogP contribution < -0.4 is 9.47 Å². The highest BCUT2D eigenvalue weighted by atomic mass is 16.5. The Bertz CT molecular complexity index is 1030. The molecule has 0 aliphatic rings. The fourth-order valence-electron chi connectivity index (χ4n) is 2.88. The number of rotatable bonds is 6. The number of nitrogens with zero attached hydrogens (tertiary/aromatic N) is 3. The molecule has 0 aliphatic heterocycles. The largest absolute Gasteiger partial charge is 0.497 e. The summed E-state index contributed by atoms with van der Waals surface area (Å²) >= 11 is 0. The summed E-state index contributed by atoms with van der Waals surface area (Å²) in [7, 11) is 1.66. The molecule has 4 aromatic rings. The lowest BCUT2D eigenvalue weighted by molar-refractivity contribution is 0.293. The summed E-state index contributed by atoms with van der Waals surface area (Å²) in [6, 6.07) is 22.3. The molecule has 0 bridgehead atoms. The van der Waals surface area contributed by atoms with Gasteiger partial charge in [-0.1, -0.05) is 47.7 Å². The number of ether oxygens (including phenoxy) is 2. The SMILES string of the molecule is COc1cccc(Cn2nncc2COc2ccc3ccccc3c2)c1. The molecule has 0 atom stereocenters. The average molecular weight is 345 g/mol. The van der Waals surface area contributed by atoms with Gasteiger partial charge in [-0.2, -0.15) is 0 Å². The summed E-state index contributed by atoms with van der Waals surface area (Å²) in [4.78, 5) is 0. The van der Waals surface area contributed by atoms with Crippen molar-refractivity contribution in [3.63, 3.8) is 0 Å². The topological polar surface area (TPSA) is 49.2 Å². The molecule has 0 spiro atoms. The van der Waals surface area contributed by atoms with Gasteiger partial charge >= 0.3 is 0 Å². The standard InChI is InChI=1S/C21H19N3O2/c1-25-20-8-4-5-16(11-20)14-24-19(13-22-23-24)15-26-21-10-9-17-6-2-3-7-18(17)12-21/h2-13H,14-15H2,1H3. The third kappa shape index (κ3) is 3.52. The van der Waals surface area contributed by atoms with Crippen molar-refractivity contribution in [1.29, 1.82) is 0 Å². The van der Waals surface area contributed by atoms with Crippen LogP contribution in [0.4, 0.5) is 0 Å². The highest BCUT2D eigenvalue weighted by Gasteiger charge is 2.07. The lowest BCUT2D eigenvalue weighted by Gasteiger charge is -2.10. The van der Waals surface area contributed by atoms with Crippen molar-refractivity contribution in [3.05, 3.63) is 84.2 Å². The molecule has 1 heterocycles. The predicted molar refractivity (Wildman–Crippen MR) is 100 cm³/mol. The van der Waals surface area contributed by atoms with E-state index in [1.54, 1.807) is 13.3 Å². The third-order valence-corrected chi connectivity index (χ3v) is 4.27. The monoisotopic (exact) mass is 345 g/mol. The van der Waals surface area contributed by atoms with E-state index in [-0.39, 0.29) is 0 Å². The number of methoxy groups -OCH3 is 1. The summed E-state index contributed by atoms with van der Waals surface area (Å²) in [5.74, 6) is 1.66. The molecule has 0 fully saturated rings. The van der Waals surface area contributed by atoms with Crippen LogP contribution in [-0.4, -0.2) is 22.1 Å². The minimum atomic E-state index is 0.412. The Labute approximate surface area is 151 Å². The van der Waals surface area contributed by atoms with Crippen LogP contribution in [0.3, 0.4) is 0 Å². The van der Waals surface area contributed by atoms with Gasteiger partial charge in [0.15, 0.2) is 0 Å². The quantitative estimate of drug-likeness (QED) is 0.529. The zero-order valence-electron chi connectivity index (χ0n) is 14.5. The molecule has 5 nitrogen and oxygen atoms in total. The van der Waals surface area contributed by atoms with Crippen molar-refractivity contribution in [2.45, 2.75) is 13.2 Å². The number of aromatic nitrogens is 3. The van der Waals surface area contributed by atoms with Crippen LogP contribution in [0.2, 0.25) is 0 Å².